The zero-order valence-electron chi connectivity index (χ0n) is 11.7. The van der Waals surface area contributed by atoms with Gasteiger partial charge in [-0.05, 0) is 18.9 Å². The van der Waals surface area contributed by atoms with Gasteiger partial charge in [0.1, 0.15) is 18.4 Å². The number of benzene rings is 1. The highest BCUT2D eigenvalue weighted by Gasteiger charge is 2.36. The first-order valence-corrected chi connectivity index (χ1v) is 6.79. The number of nitrogens with zero attached hydrogens (tertiary/aromatic N) is 2. The van der Waals surface area contributed by atoms with Gasteiger partial charge in [-0.1, -0.05) is 18.9 Å². The number of nitrogens with one attached hydrogen (secondary N) is 1. The minimum absolute atomic E-state index is 0.0369. The fraction of sp³-hybridized carbons (Fsp3) is 0.429. The molecule has 2 N–H and O–H groups in total. The van der Waals surface area contributed by atoms with Gasteiger partial charge in [-0.3, -0.25) is 10.1 Å². The molecule has 0 spiro atoms. The van der Waals surface area contributed by atoms with Gasteiger partial charge in [0, 0.05) is 6.07 Å². The van der Waals surface area contributed by atoms with E-state index in [0.717, 1.165) is 12.8 Å². The molecule has 2 rings (SSSR count). The van der Waals surface area contributed by atoms with Gasteiger partial charge < -0.3 is 15.2 Å². The van der Waals surface area contributed by atoms with E-state index in [0.29, 0.717) is 12.8 Å². The summed E-state index contributed by atoms with van der Waals surface area (Å²) in [5.41, 5.74) is -1.19. The van der Waals surface area contributed by atoms with Crippen LogP contribution in [0, 0.1) is 21.4 Å². The van der Waals surface area contributed by atoms with E-state index in [2.05, 4.69) is 5.32 Å². The smallest absolute Gasteiger partial charge is 0.405 e. The average molecular weight is 305 g/mol. The molecule has 8 nitrogen and oxygen atoms in total. The maximum Gasteiger partial charge on any atom is 0.405 e. The first kappa shape index (κ1) is 15.6. The number of ether oxygens (including phenoxy) is 1. The van der Waals surface area contributed by atoms with Crippen molar-refractivity contribution < 1.29 is 19.6 Å². The van der Waals surface area contributed by atoms with E-state index in [-0.39, 0.29) is 23.6 Å². The minimum Gasteiger partial charge on any atom is -0.489 e. The van der Waals surface area contributed by atoms with Crippen molar-refractivity contribution in [3.8, 4) is 11.8 Å². The largest absolute Gasteiger partial charge is 0.489 e. The number of amides is 1. The molecule has 0 radical (unpaired) electrons. The van der Waals surface area contributed by atoms with Gasteiger partial charge in [0.2, 0.25) is 0 Å². The molecule has 0 bridgehead atoms. The predicted octanol–water partition coefficient (Wildman–Crippen LogP) is 2.43. The summed E-state index contributed by atoms with van der Waals surface area (Å²) in [7, 11) is 0. The van der Waals surface area contributed by atoms with Crippen molar-refractivity contribution in [2.45, 2.75) is 31.2 Å². The number of carbonyl (C=O) groups is 1. The molecule has 1 aliphatic carbocycles. The van der Waals surface area contributed by atoms with Crippen LogP contribution in [0.25, 0.3) is 0 Å². The highest BCUT2D eigenvalue weighted by Crippen LogP contribution is 2.32. The second-order valence-corrected chi connectivity index (χ2v) is 5.23. The molecule has 0 aliphatic heterocycles. The quantitative estimate of drug-likeness (QED) is 0.635. The van der Waals surface area contributed by atoms with Crippen molar-refractivity contribution in [1.82, 2.24) is 5.32 Å². The lowest BCUT2D eigenvalue weighted by atomic mass is 9.99. The summed E-state index contributed by atoms with van der Waals surface area (Å²) >= 11 is 0. The Hall–Kier alpha value is -2.82. The molecule has 0 atom stereocenters. The van der Waals surface area contributed by atoms with Crippen LogP contribution in [0.3, 0.4) is 0 Å². The van der Waals surface area contributed by atoms with E-state index in [1.54, 1.807) is 6.07 Å². The highest BCUT2D eigenvalue weighted by atomic mass is 16.6. The molecule has 8 heteroatoms. The summed E-state index contributed by atoms with van der Waals surface area (Å²) in [6.07, 6.45) is 1.89. The van der Waals surface area contributed by atoms with Crippen molar-refractivity contribution in [3.05, 3.63) is 33.9 Å². The molecule has 1 aromatic carbocycles. The summed E-state index contributed by atoms with van der Waals surface area (Å²) in [6.45, 7) is 0.0369. The first-order valence-electron chi connectivity index (χ1n) is 6.79. The summed E-state index contributed by atoms with van der Waals surface area (Å²) in [5, 5.41) is 31.4. The van der Waals surface area contributed by atoms with Crippen LogP contribution in [0.5, 0.6) is 5.75 Å². The number of hydrogen-bond acceptors (Lipinski definition) is 5. The molecule has 1 amide bonds. The first-order chi connectivity index (χ1) is 10.5. The van der Waals surface area contributed by atoms with Gasteiger partial charge in [-0.25, -0.2) is 4.79 Å². The molecule has 1 aromatic rings. The van der Waals surface area contributed by atoms with E-state index >= 15 is 0 Å². The topological polar surface area (TPSA) is 125 Å². The Morgan fingerprint density at radius 2 is 2.18 bits per heavy atom. The lowest BCUT2D eigenvalue weighted by Gasteiger charge is -2.28. The Morgan fingerprint density at radius 3 is 2.73 bits per heavy atom. The standard InChI is InChI=1S/C14H15N3O5/c15-8-10-11(17(20)21)4-3-5-12(10)22-9-14(16-13(18)19)6-1-2-7-14/h3-5,16H,1-2,6-7,9H2,(H,18,19). The second kappa shape index (κ2) is 6.30. The molecule has 22 heavy (non-hydrogen) atoms. The van der Waals surface area contributed by atoms with Crippen molar-refractivity contribution in [2.24, 2.45) is 0 Å². The van der Waals surface area contributed by atoms with E-state index in [4.69, 9.17) is 15.1 Å². The lowest BCUT2D eigenvalue weighted by molar-refractivity contribution is -0.385. The van der Waals surface area contributed by atoms with Crippen LogP contribution in [-0.2, 0) is 0 Å². The van der Waals surface area contributed by atoms with Crippen molar-refractivity contribution >= 4 is 11.8 Å². The van der Waals surface area contributed by atoms with Gasteiger partial charge in [0.15, 0.2) is 5.56 Å². The number of carboxylic acid groups (broad SMARTS) is 1. The van der Waals surface area contributed by atoms with E-state index in [9.17, 15) is 14.9 Å². The Morgan fingerprint density at radius 1 is 1.50 bits per heavy atom. The van der Waals surface area contributed by atoms with Crippen LogP contribution >= 0.6 is 0 Å². The van der Waals surface area contributed by atoms with Crippen LogP contribution in [0.2, 0.25) is 0 Å². The Bertz CT molecular complexity index is 632. The molecule has 0 heterocycles. The third kappa shape index (κ3) is 3.25. The molecular formula is C14H15N3O5. The number of nitro benzene ring substituents is 1. The van der Waals surface area contributed by atoms with Crippen molar-refractivity contribution in [1.29, 1.82) is 5.26 Å². The normalized spacial score (nSPS) is 15.8. The fourth-order valence-corrected chi connectivity index (χ4v) is 2.70. The maximum atomic E-state index is 10.9. The summed E-state index contributed by atoms with van der Waals surface area (Å²) < 4.78 is 5.55. The third-order valence-corrected chi connectivity index (χ3v) is 3.75. The SMILES string of the molecule is N#Cc1c(OCC2(NC(=O)O)CCCC2)cccc1[N+](=O)[O-]. The Labute approximate surface area is 126 Å². The molecular weight excluding hydrogens is 290 g/mol. The Kier molecular flexibility index (Phi) is 4.46. The van der Waals surface area contributed by atoms with Crippen LogP contribution in [-0.4, -0.2) is 28.3 Å². The number of nitriles is 1. The molecule has 0 unspecified atom stereocenters. The molecule has 116 valence electrons. The van der Waals surface area contributed by atoms with Crippen LogP contribution in [0.15, 0.2) is 18.2 Å². The van der Waals surface area contributed by atoms with Crippen molar-refractivity contribution in [2.75, 3.05) is 6.61 Å². The fourth-order valence-electron chi connectivity index (χ4n) is 2.70. The zero-order valence-corrected chi connectivity index (χ0v) is 11.7. The third-order valence-electron chi connectivity index (χ3n) is 3.75. The summed E-state index contributed by atoms with van der Waals surface area (Å²) in [6, 6.07) is 5.90. The van der Waals surface area contributed by atoms with Crippen LogP contribution < -0.4 is 10.1 Å². The maximum absolute atomic E-state index is 10.9. The molecule has 1 saturated carbocycles. The van der Waals surface area contributed by atoms with Crippen molar-refractivity contribution in [3.63, 3.8) is 0 Å². The summed E-state index contributed by atoms with van der Waals surface area (Å²) in [4.78, 5) is 21.2. The number of rotatable bonds is 5. The van der Waals surface area contributed by atoms with Gasteiger partial charge in [0.25, 0.3) is 5.69 Å². The zero-order chi connectivity index (χ0) is 16.2. The van der Waals surface area contributed by atoms with E-state index in [1.807, 2.05) is 0 Å². The number of hydrogen-bond donors (Lipinski definition) is 2. The van der Waals surface area contributed by atoms with E-state index < -0.39 is 16.6 Å². The summed E-state index contributed by atoms with van der Waals surface area (Å²) in [5.74, 6) is 0.0927. The van der Waals surface area contributed by atoms with Gasteiger partial charge in [-0.15, -0.1) is 0 Å². The number of nitro groups is 1. The molecule has 1 fully saturated rings. The second-order valence-electron chi connectivity index (χ2n) is 5.23. The predicted molar refractivity (Wildman–Crippen MR) is 75.7 cm³/mol. The van der Waals surface area contributed by atoms with Gasteiger partial charge >= 0.3 is 6.09 Å². The average Bonchev–Trinajstić information content (AvgIpc) is 2.92. The minimum atomic E-state index is -1.13. The Balaban J connectivity index is 2.20. The molecule has 0 aromatic heterocycles. The molecule has 0 saturated heterocycles. The van der Waals surface area contributed by atoms with Gasteiger partial charge in [0.05, 0.1) is 10.5 Å². The lowest BCUT2D eigenvalue weighted by Crippen LogP contribution is -2.50. The van der Waals surface area contributed by atoms with E-state index in [1.165, 1.54) is 18.2 Å². The van der Waals surface area contributed by atoms with Crippen LogP contribution in [0.1, 0.15) is 31.2 Å². The highest BCUT2D eigenvalue weighted by molar-refractivity contribution is 5.65. The van der Waals surface area contributed by atoms with Gasteiger partial charge in [-0.2, -0.15) is 5.26 Å². The van der Waals surface area contributed by atoms with Crippen LogP contribution in [0.4, 0.5) is 10.5 Å². The molecule has 1 aliphatic rings. The monoisotopic (exact) mass is 305 g/mol.